The van der Waals surface area contributed by atoms with E-state index in [0.29, 0.717) is 6.61 Å². The molecule has 0 atom stereocenters. The molecule has 0 aromatic heterocycles. The average Bonchev–Trinajstić information content (AvgIpc) is 2.67. The molecule has 0 aliphatic carbocycles. The summed E-state index contributed by atoms with van der Waals surface area (Å²) in [5, 5.41) is 0. The minimum absolute atomic E-state index is 0.0709. The maximum Gasteiger partial charge on any atom is 0.426 e. The number of unbranched alkanes of at least 4 members (excludes halogenated alkanes) is 14. The molecule has 28 heavy (non-hydrogen) atoms. The summed E-state index contributed by atoms with van der Waals surface area (Å²) >= 11 is 0. The van der Waals surface area contributed by atoms with Crippen molar-refractivity contribution in [3.8, 4) is 0 Å². The first kappa shape index (κ1) is 27.8. The Bertz CT molecular complexity index is 400. The summed E-state index contributed by atoms with van der Waals surface area (Å²) in [5.41, 5.74) is 0. The van der Waals surface area contributed by atoms with Gasteiger partial charge >= 0.3 is 10.4 Å². The molecular weight excluding hydrogens is 380 g/mol. The van der Waals surface area contributed by atoms with Crippen LogP contribution in [0, 0.1) is 0 Å². The van der Waals surface area contributed by atoms with E-state index >= 15 is 0 Å². The first-order chi connectivity index (χ1) is 13.6. The molecule has 7 heteroatoms. The first-order valence-corrected chi connectivity index (χ1v) is 12.7. The van der Waals surface area contributed by atoms with Crippen LogP contribution in [0.4, 0.5) is 0 Å². The summed E-state index contributed by atoms with van der Waals surface area (Å²) in [4.78, 5) is 4.72. The molecule has 0 bridgehead atoms. The predicted molar refractivity (Wildman–Crippen MR) is 113 cm³/mol. The van der Waals surface area contributed by atoms with E-state index in [1.165, 1.54) is 77.0 Å². The molecular formula is C21H44O6S. The van der Waals surface area contributed by atoms with Crippen LogP contribution in [0.2, 0.25) is 0 Å². The first-order valence-electron chi connectivity index (χ1n) is 11.4. The van der Waals surface area contributed by atoms with E-state index in [0.717, 1.165) is 19.3 Å². The molecule has 0 spiro atoms. The van der Waals surface area contributed by atoms with E-state index in [4.69, 9.17) is 9.62 Å². The Hall–Kier alpha value is -0.210. The van der Waals surface area contributed by atoms with Gasteiger partial charge in [-0.15, -0.1) is 0 Å². The molecule has 0 saturated heterocycles. The Morgan fingerprint density at radius 2 is 1.04 bits per heavy atom. The molecule has 6 nitrogen and oxygen atoms in total. The van der Waals surface area contributed by atoms with Crippen molar-refractivity contribution in [2.75, 3.05) is 26.4 Å². The summed E-state index contributed by atoms with van der Waals surface area (Å²) in [6.07, 6.45) is 19.3. The minimum Gasteiger partial charge on any atom is -0.379 e. The van der Waals surface area contributed by atoms with Gasteiger partial charge < -0.3 is 4.74 Å². The van der Waals surface area contributed by atoms with Gasteiger partial charge in [0.25, 0.3) is 0 Å². The normalized spacial score (nSPS) is 11.9. The van der Waals surface area contributed by atoms with Crippen LogP contribution < -0.4 is 0 Å². The molecule has 0 aromatic carbocycles. The Morgan fingerprint density at radius 1 is 0.571 bits per heavy atom. The van der Waals surface area contributed by atoms with E-state index in [-0.39, 0.29) is 19.8 Å². The Labute approximate surface area is 173 Å². The molecule has 0 aliphatic rings. The van der Waals surface area contributed by atoms with E-state index < -0.39 is 10.4 Å². The van der Waals surface area contributed by atoms with Crippen LogP contribution in [0.15, 0.2) is 0 Å². The number of hydrogen-bond acceptors (Lipinski definition) is 6. The molecule has 0 amide bonds. The van der Waals surface area contributed by atoms with Crippen molar-refractivity contribution in [1.29, 1.82) is 0 Å². The second kappa shape index (κ2) is 21.5. The van der Waals surface area contributed by atoms with Crippen LogP contribution >= 0.6 is 0 Å². The molecule has 0 aromatic rings. The molecule has 0 saturated carbocycles. The fourth-order valence-electron chi connectivity index (χ4n) is 2.98. The molecule has 0 rings (SSSR count). The maximum absolute atomic E-state index is 11.3. The zero-order valence-corrected chi connectivity index (χ0v) is 19.1. The highest BCUT2D eigenvalue weighted by atomic mass is 32.3. The SMILES string of the molecule is CCCCCCCCCCCCCCCCCOOS(=O)(=O)OCCOCC. The fraction of sp³-hybridized carbons (Fsp3) is 1.00. The summed E-state index contributed by atoms with van der Waals surface area (Å²) in [5.74, 6) is 0. The lowest BCUT2D eigenvalue weighted by atomic mass is 10.0. The largest absolute Gasteiger partial charge is 0.426 e. The van der Waals surface area contributed by atoms with E-state index in [1.807, 2.05) is 6.92 Å². The van der Waals surface area contributed by atoms with E-state index in [2.05, 4.69) is 15.4 Å². The predicted octanol–water partition coefficient (Wildman–Crippen LogP) is 6.10. The molecule has 0 unspecified atom stereocenters. The zero-order valence-electron chi connectivity index (χ0n) is 18.3. The average molecular weight is 425 g/mol. The van der Waals surface area contributed by atoms with Crippen molar-refractivity contribution in [2.45, 2.75) is 110 Å². The van der Waals surface area contributed by atoms with Crippen LogP contribution in [-0.4, -0.2) is 34.8 Å². The van der Waals surface area contributed by atoms with E-state index in [1.54, 1.807) is 0 Å². The second-order valence-electron chi connectivity index (χ2n) is 7.27. The van der Waals surface area contributed by atoms with Gasteiger partial charge in [0, 0.05) is 6.61 Å². The third kappa shape index (κ3) is 22.1. The lowest BCUT2D eigenvalue weighted by Crippen LogP contribution is -2.14. The highest BCUT2D eigenvalue weighted by molar-refractivity contribution is 7.81. The molecule has 0 radical (unpaired) electrons. The maximum atomic E-state index is 11.3. The van der Waals surface area contributed by atoms with Crippen molar-refractivity contribution < 1.29 is 26.6 Å². The third-order valence-electron chi connectivity index (χ3n) is 4.62. The van der Waals surface area contributed by atoms with Crippen LogP contribution in [0.25, 0.3) is 0 Å². The third-order valence-corrected chi connectivity index (χ3v) is 5.34. The molecule has 170 valence electrons. The molecule has 0 heterocycles. The Kier molecular flexibility index (Phi) is 21.3. The van der Waals surface area contributed by atoms with Gasteiger partial charge in [-0.25, -0.2) is 9.07 Å². The van der Waals surface area contributed by atoms with Gasteiger partial charge in [0.05, 0.1) is 19.8 Å². The van der Waals surface area contributed by atoms with Gasteiger partial charge in [0.2, 0.25) is 0 Å². The minimum atomic E-state index is -4.08. The van der Waals surface area contributed by atoms with Gasteiger partial charge in [-0.2, -0.15) is 8.42 Å². The lowest BCUT2D eigenvalue weighted by molar-refractivity contribution is -0.210. The van der Waals surface area contributed by atoms with Crippen LogP contribution in [0.1, 0.15) is 110 Å². The van der Waals surface area contributed by atoms with Gasteiger partial charge in [0.1, 0.15) is 0 Å². The van der Waals surface area contributed by atoms with Crippen LogP contribution in [-0.2, 0) is 28.5 Å². The second-order valence-corrected chi connectivity index (χ2v) is 8.46. The number of ether oxygens (including phenoxy) is 1. The number of rotatable bonds is 23. The van der Waals surface area contributed by atoms with E-state index in [9.17, 15) is 8.42 Å². The molecule has 0 fully saturated rings. The van der Waals surface area contributed by atoms with Crippen molar-refractivity contribution in [3.05, 3.63) is 0 Å². The van der Waals surface area contributed by atoms with Crippen molar-refractivity contribution in [1.82, 2.24) is 0 Å². The van der Waals surface area contributed by atoms with Crippen molar-refractivity contribution >= 4 is 10.4 Å². The standard InChI is InChI=1S/C21H44O6S/c1-3-5-6-7-8-9-10-11-12-13-14-15-16-17-18-19-25-27-28(22,23)26-21-20-24-4-2/h3-21H2,1-2H3. The summed E-state index contributed by atoms with van der Waals surface area (Å²) in [7, 11) is -4.08. The van der Waals surface area contributed by atoms with Gasteiger partial charge in [-0.05, 0) is 13.3 Å². The fourth-order valence-corrected chi connectivity index (χ4v) is 3.48. The topological polar surface area (TPSA) is 71.1 Å². The summed E-state index contributed by atoms with van der Waals surface area (Å²) in [6.45, 7) is 4.99. The van der Waals surface area contributed by atoms with Gasteiger partial charge in [-0.1, -0.05) is 101 Å². The highest BCUT2D eigenvalue weighted by Gasteiger charge is 2.12. The smallest absolute Gasteiger partial charge is 0.379 e. The van der Waals surface area contributed by atoms with Crippen LogP contribution in [0.5, 0.6) is 0 Å². The highest BCUT2D eigenvalue weighted by Crippen LogP contribution is 2.13. The Morgan fingerprint density at radius 3 is 1.50 bits per heavy atom. The van der Waals surface area contributed by atoms with Crippen molar-refractivity contribution in [3.63, 3.8) is 0 Å². The van der Waals surface area contributed by atoms with Gasteiger partial charge in [-0.3, -0.25) is 0 Å². The monoisotopic (exact) mass is 424 g/mol. The zero-order chi connectivity index (χ0) is 20.8. The van der Waals surface area contributed by atoms with Crippen LogP contribution in [0.3, 0.4) is 0 Å². The molecule has 0 aliphatic heterocycles. The quantitative estimate of drug-likeness (QED) is 0.112. The summed E-state index contributed by atoms with van der Waals surface area (Å²) in [6, 6.07) is 0. The molecule has 0 N–H and O–H groups in total. The lowest BCUT2D eigenvalue weighted by Gasteiger charge is -2.06. The van der Waals surface area contributed by atoms with Crippen molar-refractivity contribution in [2.24, 2.45) is 0 Å². The summed E-state index contributed by atoms with van der Waals surface area (Å²) < 4.78 is 36.5. The van der Waals surface area contributed by atoms with Gasteiger partial charge in [0.15, 0.2) is 0 Å². The number of hydrogen-bond donors (Lipinski definition) is 0. The Balaban J connectivity index is 3.21.